The van der Waals surface area contributed by atoms with Gasteiger partial charge < -0.3 is 10.6 Å². The van der Waals surface area contributed by atoms with Gasteiger partial charge in [-0.05, 0) is 38.7 Å². The van der Waals surface area contributed by atoms with Crippen LogP contribution in [-0.4, -0.2) is 28.4 Å². The second-order valence-corrected chi connectivity index (χ2v) is 5.05. The third-order valence-electron chi connectivity index (χ3n) is 3.60. The molecular weight excluding hydrogens is 252 g/mol. The van der Waals surface area contributed by atoms with Crippen LogP contribution in [0.2, 0.25) is 0 Å². The first-order chi connectivity index (χ1) is 9.49. The Morgan fingerprint density at radius 2 is 2.20 bits per heavy atom. The number of amides is 2. The lowest BCUT2D eigenvalue weighted by Gasteiger charge is -2.15. The van der Waals surface area contributed by atoms with Crippen LogP contribution in [0.15, 0.2) is 12.7 Å². The zero-order chi connectivity index (χ0) is 15.1. The van der Waals surface area contributed by atoms with Gasteiger partial charge in [-0.25, -0.2) is 4.79 Å². The van der Waals surface area contributed by atoms with Gasteiger partial charge in [0.1, 0.15) is 0 Å². The van der Waals surface area contributed by atoms with Gasteiger partial charge in [-0.1, -0.05) is 13.0 Å². The van der Waals surface area contributed by atoms with Crippen molar-refractivity contribution in [3.05, 3.63) is 29.6 Å². The Labute approximate surface area is 121 Å². The maximum atomic E-state index is 11.8. The fraction of sp³-hybridized carbons (Fsp3) is 0.600. The van der Waals surface area contributed by atoms with E-state index in [1.165, 1.54) is 5.56 Å². The topological polar surface area (TPSA) is 59.0 Å². The molecule has 1 aromatic heterocycles. The van der Waals surface area contributed by atoms with Crippen LogP contribution in [0.3, 0.4) is 0 Å². The minimum absolute atomic E-state index is 0.113. The van der Waals surface area contributed by atoms with E-state index < -0.39 is 0 Å². The molecule has 2 N–H and O–H groups in total. The summed E-state index contributed by atoms with van der Waals surface area (Å²) in [5.74, 6) is 0. The quantitative estimate of drug-likeness (QED) is 0.751. The van der Waals surface area contributed by atoms with Gasteiger partial charge >= 0.3 is 6.03 Å². The average molecular weight is 278 g/mol. The molecule has 20 heavy (non-hydrogen) atoms. The number of hydrogen-bond donors (Lipinski definition) is 2. The summed E-state index contributed by atoms with van der Waals surface area (Å²) < 4.78 is 1.88. The van der Waals surface area contributed by atoms with Crippen LogP contribution in [0.1, 0.15) is 36.7 Å². The normalized spacial score (nSPS) is 12.0. The van der Waals surface area contributed by atoms with Crippen molar-refractivity contribution < 1.29 is 4.79 Å². The molecule has 0 saturated carbocycles. The number of nitrogens with zero attached hydrogens (tertiary/aromatic N) is 2. The van der Waals surface area contributed by atoms with Crippen molar-refractivity contribution in [1.82, 2.24) is 20.4 Å². The molecule has 1 atom stereocenters. The second-order valence-electron chi connectivity index (χ2n) is 5.05. The summed E-state index contributed by atoms with van der Waals surface area (Å²) in [4.78, 5) is 11.8. The zero-order valence-corrected chi connectivity index (χ0v) is 13.0. The van der Waals surface area contributed by atoms with E-state index in [9.17, 15) is 4.79 Å². The smallest absolute Gasteiger partial charge is 0.315 e. The summed E-state index contributed by atoms with van der Waals surface area (Å²) in [5.41, 5.74) is 3.40. The van der Waals surface area contributed by atoms with E-state index in [1.807, 2.05) is 31.7 Å². The van der Waals surface area contributed by atoms with Gasteiger partial charge in [0, 0.05) is 25.3 Å². The Hall–Kier alpha value is -1.78. The molecule has 2 amide bonds. The molecule has 0 saturated heterocycles. The number of carbonyl (C=O) groups excluding carboxylic acids is 1. The molecule has 0 aromatic carbocycles. The number of aryl methyl sites for hydroxylation is 2. The van der Waals surface area contributed by atoms with E-state index in [-0.39, 0.29) is 12.1 Å². The predicted octanol–water partition coefficient (Wildman–Crippen LogP) is 2.23. The molecule has 0 fully saturated rings. The van der Waals surface area contributed by atoms with Gasteiger partial charge in [-0.3, -0.25) is 4.68 Å². The van der Waals surface area contributed by atoms with Crippen molar-refractivity contribution in [3.8, 4) is 0 Å². The molecule has 0 bridgehead atoms. The van der Waals surface area contributed by atoms with Crippen molar-refractivity contribution in [2.45, 2.75) is 46.1 Å². The van der Waals surface area contributed by atoms with Crippen molar-refractivity contribution >= 4 is 6.03 Å². The van der Waals surface area contributed by atoms with Crippen molar-refractivity contribution in [1.29, 1.82) is 0 Å². The molecule has 112 valence electrons. The largest absolute Gasteiger partial charge is 0.338 e. The highest BCUT2D eigenvalue weighted by Gasteiger charge is 2.11. The summed E-state index contributed by atoms with van der Waals surface area (Å²) in [6, 6.07) is 0.0484. The summed E-state index contributed by atoms with van der Waals surface area (Å²) in [7, 11) is 1.94. The Bertz CT molecular complexity index is 465. The molecule has 0 radical (unpaired) electrons. The summed E-state index contributed by atoms with van der Waals surface area (Å²) >= 11 is 0. The number of hydrogen-bond acceptors (Lipinski definition) is 2. The van der Waals surface area contributed by atoms with Gasteiger partial charge in [0.2, 0.25) is 0 Å². The molecule has 0 spiro atoms. The van der Waals surface area contributed by atoms with Crippen molar-refractivity contribution in [3.63, 3.8) is 0 Å². The van der Waals surface area contributed by atoms with Gasteiger partial charge in [0.05, 0.1) is 5.69 Å². The number of carbonyl (C=O) groups is 1. The van der Waals surface area contributed by atoms with E-state index in [1.54, 1.807) is 0 Å². The molecule has 5 heteroatoms. The Morgan fingerprint density at radius 3 is 2.70 bits per heavy atom. The number of urea groups is 1. The fourth-order valence-corrected chi connectivity index (χ4v) is 2.25. The Balaban J connectivity index is 2.40. The molecule has 1 rings (SSSR count). The number of nitrogens with one attached hydrogen (secondary N) is 2. The van der Waals surface area contributed by atoms with Crippen LogP contribution in [-0.2, 0) is 13.5 Å². The Morgan fingerprint density at radius 1 is 1.50 bits per heavy atom. The van der Waals surface area contributed by atoms with Crippen LogP contribution in [0, 0.1) is 13.8 Å². The fourth-order valence-electron chi connectivity index (χ4n) is 2.25. The van der Waals surface area contributed by atoms with Crippen molar-refractivity contribution in [2.24, 2.45) is 7.05 Å². The van der Waals surface area contributed by atoms with Crippen molar-refractivity contribution in [2.75, 3.05) is 6.54 Å². The standard InChI is InChI=1S/C15H26N4O/c1-6-8-13(7-2)17-15(20)16-10-9-14-11(3)18-19(5)12(14)4/h6,13H,1,7-10H2,2-5H3,(H2,16,17,20)/t13-/m1/s1. The minimum Gasteiger partial charge on any atom is -0.338 e. The maximum absolute atomic E-state index is 11.8. The van der Waals surface area contributed by atoms with Gasteiger partial charge in [-0.2, -0.15) is 5.10 Å². The van der Waals surface area contributed by atoms with Crippen LogP contribution < -0.4 is 10.6 Å². The van der Waals surface area contributed by atoms with E-state index in [2.05, 4.69) is 29.2 Å². The lowest BCUT2D eigenvalue weighted by molar-refractivity contribution is 0.236. The summed E-state index contributed by atoms with van der Waals surface area (Å²) in [6.07, 6.45) is 4.33. The predicted molar refractivity (Wildman–Crippen MR) is 81.8 cm³/mol. The summed E-state index contributed by atoms with van der Waals surface area (Å²) in [5, 5.41) is 10.2. The minimum atomic E-state index is -0.113. The SMILES string of the molecule is C=CC[C@@H](CC)NC(=O)NCCc1c(C)nn(C)c1C. The first-order valence-electron chi connectivity index (χ1n) is 7.13. The monoisotopic (exact) mass is 278 g/mol. The maximum Gasteiger partial charge on any atom is 0.315 e. The molecular formula is C15H26N4O. The van der Waals surface area contributed by atoms with E-state index in [0.717, 1.165) is 30.7 Å². The molecule has 1 heterocycles. The highest BCUT2D eigenvalue weighted by molar-refractivity contribution is 5.74. The first kappa shape index (κ1) is 16.3. The lowest BCUT2D eigenvalue weighted by Crippen LogP contribution is -2.42. The highest BCUT2D eigenvalue weighted by Crippen LogP contribution is 2.11. The molecule has 1 aromatic rings. The zero-order valence-electron chi connectivity index (χ0n) is 13.0. The molecule has 0 unspecified atom stereocenters. The molecule has 0 aliphatic rings. The number of rotatable bonds is 7. The van der Waals surface area contributed by atoms with Crippen LogP contribution in [0.4, 0.5) is 4.79 Å². The Kier molecular flexibility index (Phi) is 6.28. The van der Waals surface area contributed by atoms with E-state index in [0.29, 0.717) is 6.54 Å². The highest BCUT2D eigenvalue weighted by atomic mass is 16.2. The second kappa shape index (κ2) is 7.72. The molecule has 5 nitrogen and oxygen atoms in total. The van der Waals surface area contributed by atoms with Gasteiger partial charge in [0.15, 0.2) is 0 Å². The first-order valence-corrected chi connectivity index (χ1v) is 7.13. The van der Waals surface area contributed by atoms with Crippen LogP contribution in [0.25, 0.3) is 0 Å². The average Bonchev–Trinajstić information content (AvgIpc) is 2.64. The van der Waals surface area contributed by atoms with Gasteiger partial charge in [-0.15, -0.1) is 6.58 Å². The third kappa shape index (κ3) is 4.40. The summed E-state index contributed by atoms with van der Waals surface area (Å²) in [6.45, 7) is 10.4. The lowest BCUT2D eigenvalue weighted by atomic mass is 10.1. The number of aromatic nitrogens is 2. The third-order valence-corrected chi connectivity index (χ3v) is 3.60. The molecule has 0 aliphatic carbocycles. The van der Waals surface area contributed by atoms with E-state index >= 15 is 0 Å². The van der Waals surface area contributed by atoms with Crippen LogP contribution in [0.5, 0.6) is 0 Å². The van der Waals surface area contributed by atoms with Gasteiger partial charge in [0.25, 0.3) is 0 Å². The van der Waals surface area contributed by atoms with Crippen LogP contribution >= 0.6 is 0 Å². The van der Waals surface area contributed by atoms with E-state index in [4.69, 9.17) is 0 Å². The molecule has 0 aliphatic heterocycles.